The van der Waals surface area contributed by atoms with E-state index in [1.54, 1.807) is 12.5 Å². The molecule has 0 aliphatic carbocycles. The summed E-state index contributed by atoms with van der Waals surface area (Å²) in [4.78, 5) is 23.6. The third kappa shape index (κ3) is 3.67. The van der Waals surface area contributed by atoms with E-state index < -0.39 is 0 Å². The molecule has 0 unspecified atom stereocenters. The zero-order valence-corrected chi connectivity index (χ0v) is 18.9. The third-order valence-corrected chi connectivity index (χ3v) is 7.19. The predicted octanol–water partition coefficient (Wildman–Crippen LogP) is 4.02. The molecule has 6 rings (SSSR count). The lowest BCUT2D eigenvalue weighted by atomic mass is 10.0. The smallest absolute Gasteiger partial charge is 0.276 e. The van der Waals surface area contributed by atoms with Gasteiger partial charge in [0, 0.05) is 29.6 Å². The molecule has 3 N–H and O–H groups in total. The van der Waals surface area contributed by atoms with Crippen LogP contribution in [0.25, 0.3) is 42.5 Å². The Bertz CT molecular complexity index is 1300. The van der Waals surface area contributed by atoms with Crippen molar-refractivity contribution in [3.05, 3.63) is 24.9 Å². The van der Waals surface area contributed by atoms with Gasteiger partial charge in [0.05, 0.1) is 18.0 Å². The first kappa shape index (κ1) is 20.3. The molecule has 0 spiro atoms. The van der Waals surface area contributed by atoms with E-state index in [0.29, 0.717) is 11.2 Å². The topological polar surface area (TPSA) is 117 Å². The first-order valence-corrected chi connectivity index (χ1v) is 11.4. The van der Waals surface area contributed by atoms with Crippen molar-refractivity contribution in [3.8, 4) is 27.0 Å². The van der Waals surface area contributed by atoms with Crippen LogP contribution < -0.4 is 10.1 Å². The number of thiazole rings is 2. The second-order valence-corrected chi connectivity index (χ2v) is 9.28. The van der Waals surface area contributed by atoms with Crippen molar-refractivity contribution in [3.63, 3.8) is 0 Å². The Kier molecular flexibility index (Phi) is 5.34. The minimum Gasteiger partial charge on any atom is -0.467 e. The van der Waals surface area contributed by atoms with Crippen LogP contribution in [0.3, 0.4) is 0 Å². The summed E-state index contributed by atoms with van der Waals surface area (Å²) in [6.45, 7) is 3.17. The van der Waals surface area contributed by atoms with Crippen molar-refractivity contribution in [2.24, 2.45) is 0 Å². The Morgan fingerprint density at radius 2 is 2.03 bits per heavy atom. The summed E-state index contributed by atoms with van der Waals surface area (Å²) < 4.78 is 6.12. The average Bonchev–Trinajstić information content (AvgIpc) is 3.50. The highest BCUT2D eigenvalue weighted by Crippen LogP contribution is 2.38. The van der Waals surface area contributed by atoms with E-state index in [1.165, 1.54) is 22.7 Å². The summed E-state index contributed by atoms with van der Waals surface area (Å²) in [5.41, 5.74) is 4.35. The number of imidazole rings is 1. The molecule has 6 heterocycles. The lowest BCUT2D eigenvalue weighted by Gasteiger charge is -2.27. The van der Waals surface area contributed by atoms with E-state index in [2.05, 4.69) is 42.4 Å². The number of piperidine rings is 1. The summed E-state index contributed by atoms with van der Waals surface area (Å²) in [5, 5.41) is 11.8. The predicted molar refractivity (Wildman–Crippen MR) is 124 cm³/mol. The fourth-order valence-corrected chi connectivity index (χ4v) is 5.77. The molecule has 0 radical (unpaired) electrons. The second-order valence-electron chi connectivity index (χ2n) is 7.36. The number of rotatable bonds is 4. The monoisotopic (exact) mass is 474 g/mol. The van der Waals surface area contributed by atoms with E-state index in [-0.39, 0.29) is 18.5 Å². The van der Waals surface area contributed by atoms with E-state index in [4.69, 9.17) is 9.72 Å². The van der Waals surface area contributed by atoms with Crippen LogP contribution in [-0.4, -0.2) is 53.8 Å². The number of fused-ring (bicyclic) bond motifs is 2. The van der Waals surface area contributed by atoms with Crippen LogP contribution in [0.5, 0.6) is 5.19 Å². The lowest BCUT2D eigenvalue weighted by Crippen LogP contribution is -2.40. The SMILES string of the molecule is C[C@@H]1C[C@@H](Oc2nc3sc(-c4ncc(-c5cn[nH]c5)c5nc[nH]c45)nc3s2)CCN1.Cl. The average molecular weight is 475 g/mol. The molecule has 1 saturated heterocycles. The van der Waals surface area contributed by atoms with Crippen LogP contribution in [0.4, 0.5) is 0 Å². The fourth-order valence-electron chi connectivity index (χ4n) is 3.82. The van der Waals surface area contributed by atoms with Gasteiger partial charge in [0.2, 0.25) is 0 Å². The molecule has 0 bridgehead atoms. The number of nitrogens with zero attached hydrogens (tertiary/aromatic N) is 5. The van der Waals surface area contributed by atoms with Gasteiger partial charge in [-0.3, -0.25) is 10.1 Å². The van der Waals surface area contributed by atoms with Crippen LogP contribution in [-0.2, 0) is 0 Å². The number of halogens is 1. The molecule has 31 heavy (non-hydrogen) atoms. The number of hydrogen-bond acceptors (Lipinski definition) is 9. The van der Waals surface area contributed by atoms with Gasteiger partial charge in [0.1, 0.15) is 22.3 Å². The van der Waals surface area contributed by atoms with Gasteiger partial charge in [0.25, 0.3) is 5.19 Å². The number of nitrogens with one attached hydrogen (secondary N) is 3. The highest BCUT2D eigenvalue weighted by molar-refractivity contribution is 7.28. The molecule has 0 saturated carbocycles. The summed E-state index contributed by atoms with van der Waals surface area (Å²) in [7, 11) is 0. The van der Waals surface area contributed by atoms with Crippen molar-refractivity contribution in [1.82, 2.24) is 40.4 Å². The fraction of sp³-hybridized carbons (Fsp3) is 0.316. The number of H-pyrrole nitrogens is 2. The summed E-state index contributed by atoms with van der Waals surface area (Å²) in [6.07, 6.45) is 9.30. The maximum Gasteiger partial charge on any atom is 0.276 e. The molecular weight excluding hydrogens is 456 g/mol. The number of aromatic amines is 2. The van der Waals surface area contributed by atoms with Crippen LogP contribution in [0, 0.1) is 0 Å². The Labute approximate surface area is 191 Å². The molecule has 0 aromatic carbocycles. The van der Waals surface area contributed by atoms with Gasteiger partial charge >= 0.3 is 0 Å². The van der Waals surface area contributed by atoms with Crippen molar-refractivity contribution in [2.75, 3.05) is 6.54 Å². The normalized spacial score (nSPS) is 19.0. The second kappa shape index (κ2) is 8.15. The summed E-state index contributed by atoms with van der Waals surface area (Å²) in [5.74, 6) is 0. The first-order chi connectivity index (χ1) is 14.7. The Hall–Kier alpha value is -2.60. The number of hydrogen-bond donors (Lipinski definition) is 3. The standard InChI is InChI=1S/C19H18N8OS2.ClH/c1-9-4-11(2-3-20-9)28-19-27-18-17(30-19)26-16(29-18)15-14-13(22-8-23-14)12(7-21-15)10-5-24-25-6-10;/h5-9,11,20H,2-4H2,1H3,(H,22,23)(H,24,25);1H/t9-,11+;/m1./s1. The first-order valence-electron chi connectivity index (χ1n) is 9.73. The van der Waals surface area contributed by atoms with Gasteiger partial charge in [-0.15, -0.1) is 12.4 Å². The lowest BCUT2D eigenvalue weighted by molar-refractivity contribution is 0.144. The summed E-state index contributed by atoms with van der Waals surface area (Å²) >= 11 is 3.02. The molecule has 1 fully saturated rings. The molecular formula is C19H19ClN8OS2. The molecule has 1 aliphatic rings. The maximum atomic E-state index is 6.12. The molecule has 0 amide bonds. The minimum atomic E-state index is 0. The molecule has 5 aromatic rings. The molecule has 5 aromatic heterocycles. The van der Waals surface area contributed by atoms with Gasteiger partial charge in [-0.25, -0.2) is 9.97 Å². The highest BCUT2D eigenvalue weighted by atomic mass is 35.5. The van der Waals surface area contributed by atoms with Gasteiger partial charge in [0.15, 0.2) is 9.66 Å². The van der Waals surface area contributed by atoms with Crippen molar-refractivity contribution < 1.29 is 4.74 Å². The van der Waals surface area contributed by atoms with Crippen LogP contribution in [0.2, 0.25) is 0 Å². The van der Waals surface area contributed by atoms with Crippen LogP contribution in [0.1, 0.15) is 19.8 Å². The van der Waals surface area contributed by atoms with E-state index >= 15 is 0 Å². The number of pyridine rings is 1. The molecule has 2 atom stereocenters. The van der Waals surface area contributed by atoms with E-state index in [0.717, 1.165) is 61.9 Å². The largest absolute Gasteiger partial charge is 0.467 e. The quantitative estimate of drug-likeness (QED) is 0.360. The molecule has 160 valence electrons. The number of aromatic nitrogens is 7. The Balaban J connectivity index is 0.00000204. The number of ether oxygens (including phenoxy) is 1. The van der Waals surface area contributed by atoms with Crippen LogP contribution in [0.15, 0.2) is 24.9 Å². The van der Waals surface area contributed by atoms with E-state index in [9.17, 15) is 0 Å². The van der Waals surface area contributed by atoms with Gasteiger partial charge in [-0.1, -0.05) is 22.7 Å². The molecule has 1 aliphatic heterocycles. The maximum absolute atomic E-state index is 6.12. The van der Waals surface area contributed by atoms with Crippen molar-refractivity contribution >= 4 is 55.8 Å². The van der Waals surface area contributed by atoms with Crippen molar-refractivity contribution in [1.29, 1.82) is 0 Å². The minimum absolute atomic E-state index is 0. The zero-order chi connectivity index (χ0) is 20.1. The molecule has 9 nitrogen and oxygen atoms in total. The highest BCUT2D eigenvalue weighted by Gasteiger charge is 2.23. The third-order valence-electron chi connectivity index (χ3n) is 5.27. The zero-order valence-electron chi connectivity index (χ0n) is 16.5. The van der Waals surface area contributed by atoms with Gasteiger partial charge < -0.3 is 15.0 Å². The van der Waals surface area contributed by atoms with Crippen molar-refractivity contribution in [2.45, 2.75) is 31.9 Å². The Morgan fingerprint density at radius 1 is 1.13 bits per heavy atom. The molecule has 12 heteroatoms. The Morgan fingerprint density at radius 3 is 2.84 bits per heavy atom. The van der Waals surface area contributed by atoms with E-state index in [1.807, 2.05) is 12.4 Å². The van der Waals surface area contributed by atoms with Gasteiger partial charge in [-0.05, 0) is 26.3 Å². The summed E-state index contributed by atoms with van der Waals surface area (Å²) in [6, 6.07) is 0.475. The van der Waals surface area contributed by atoms with Gasteiger partial charge in [-0.2, -0.15) is 10.1 Å². The van der Waals surface area contributed by atoms with Crippen LogP contribution >= 0.6 is 35.1 Å².